The molecule has 4 N–H and O–H groups in total. The van der Waals surface area contributed by atoms with Crippen LogP contribution in [0.1, 0.15) is 5.56 Å². The number of aromatic hydroxyl groups is 1. The summed E-state index contributed by atoms with van der Waals surface area (Å²) < 4.78 is 0. The Balaban J connectivity index is 2.58. The summed E-state index contributed by atoms with van der Waals surface area (Å²) in [7, 11) is 0. The lowest BCUT2D eigenvalue weighted by Gasteiger charge is -1.96. The largest absolute Gasteiger partial charge is 0.508 e. The summed E-state index contributed by atoms with van der Waals surface area (Å²) in [4.78, 5) is 3.13. The van der Waals surface area contributed by atoms with Crippen molar-refractivity contribution in [3.8, 4) is 5.75 Å². The van der Waals surface area contributed by atoms with Gasteiger partial charge in [0.1, 0.15) is 5.75 Å². The number of phenols is 1. The molecule has 13 heavy (non-hydrogen) atoms. The number of nitrogens with two attached hydrogens (primary N) is 1. The fourth-order valence-electron chi connectivity index (χ4n) is 1.53. The van der Waals surface area contributed by atoms with Crippen LogP contribution in [-0.2, 0) is 6.42 Å². The van der Waals surface area contributed by atoms with Gasteiger partial charge in [0.2, 0.25) is 0 Å². The average molecular weight is 179 g/mol. The minimum atomic E-state index is 0.297. The molecule has 0 bridgehead atoms. The van der Waals surface area contributed by atoms with Gasteiger partial charge in [-0.05, 0) is 36.7 Å². The van der Waals surface area contributed by atoms with Crippen molar-refractivity contribution in [3.63, 3.8) is 0 Å². The Labute approximate surface area is 76.2 Å². The maximum Gasteiger partial charge on any atom is 0.116 e. The molecule has 68 valence electrons. The van der Waals surface area contributed by atoms with E-state index in [9.17, 15) is 5.11 Å². The zero-order valence-electron chi connectivity index (χ0n) is 7.25. The van der Waals surface area contributed by atoms with Crippen LogP contribution in [0.25, 0.3) is 10.9 Å². The Morgan fingerprint density at radius 1 is 1.38 bits per heavy atom. The Hall–Kier alpha value is -1.48. The molecule has 1 heterocycles. The van der Waals surface area contributed by atoms with Crippen LogP contribution in [0.4, 0.5) is 0 Å². The summed E-state index contributed by atoms with van der Waals surface area (Å²) in [6, 6.07) is 5.30. The number of nitrogens with one attached hydrogen (secondary N) is 1. The van der Waals surface area contributed by atoms with Gasteiger partial charge in [-0.1, -0.05) is 0 Å². The number of phenolic OH excluding ortho intramolecular Hbond substituents is 1. The number of benzene rings is 1. The molecule has 1 aromatic carbocycles. The molecular weight excluding hydrogens is 167 g/mol. The van der Waals surface area contributed by atoms with E-state index < -0.39 is 0 Å². The molecule has 0 spiro atoms. The number of H-pyrrole nitrogens is 1. The summed E-state index contributed by atoms with van der Waals surface area (Å²) in [5, 5.41) is 10.4. The third-order valence-corrected chi connectivity index (χ3v) is 2.16. The van der Waals surface area contributed by atoms with Crippen molar-refractivity contribution in [1.29, 1.82) is 0 Å². The van der Waals surface area contributed by atoms with E-state index in [4.69, 9.17) is 5.73 Å². The number of hydrogen-bond acceptors (Lipinski definition) is 2. The Kier molecular flexibility index (Phi) is 1.94. The average Bonchev–Trinajstić information content (AvgIpc) is 2.49. The predicted octanol–water partition coefficient (Wildman–Crippen LogP) is 1.37. The molecule has 0 aliphatic rings. The third-order valence-electron chi connectivity index (χ3n) is 2.16. The molecule has 0 aliphatic carbocycles. The van der Waals surface area contributed by atoms with Gasteiger partial charge >= 0.3 is 0 Å². The molecule has 0 unspecified atom stereocenters. The molecule has 2 aromatic rings. The second-order valence-corrected chi connectivity index (χ2v) is 3.08. The summed E-state index contributed by atoms with van der Waals surface area (Å²) in [6.45, 7) is 0.628. The first kappa shape index (κ1) is 8.13. The normalized spacial score (nSPS) is 10.8. The first-order chi connectivity index (χ1) is 6.31. The highest BCUT2D eigenvalue weighted by Gasteiger charge is 2.02. The van der Waals surface area contributed by atoms with Crippen molar-refractivity contribution in [3.05, 3.63) is 30.0 Å². The van der Waals surface area contributed by atoms with Crippen molar-refractivity contribution >= 4 is 10.9 Å². The molecule has 1 aromatic heterocycles. The molecule has 3 nitrogen and oxygen atoms in total. The van der Waals surface area contributed by atoms with Crippen LogP contribution in [0.5, 0.6) is 5.75 Å². The number of aromatic nitrogens is 1. The molecule has 0 saturated heterocycles. The van der Waals surface area contributed by atoms with E-state index in [0.29, 0.717) is 12.3 Å². The van der Waals surface area contributed by atoms with Gasteiger partial charge in [0.15, 0.2) is 0 Å². The third kappa shape index (κ3) is 1.38. The Bertz CT molecular complexity index is 420. The van der Waals surface area contributed by atoms with Crippen LogP contribution < -0.4 is 5.73 Å². The van der Waals surface area contributed by atoms with Gasteiger partial charge in [0.05, 0.1) is 0 Å². The summed E-state index contributed by atoms with van der Waals surface area (Å²) in [6.07, 6.45) is 2.78. The summed E-state index contributed by atoms with van der Waals surface area (Å²) in [5.74, 6) is 0.297. The minimum absolute atomic E-state index is 0.297. The highest BCUT2D eigenvalue weighted by atomic mass is 16.3. The molecule has 0 radical (unpaired) electrons. The summed E-state index contributed by atoms with van der Waals surface area (Å²) in [5.41, 5.74) is 7.68. The lowest BCUT2D eigenvalue weighted by Crippen LogP contribution is -2.01. The second kappa shape index (κ2) is 3.11. The van der Waals surface area contributed by atoms with Crippen LogP contribution in [0.15, 0.2) is 24.4 Å². The molecule has 0 fully saturated rings. The van der Waals surface area contributed by atoms with Crippen LogP contribution in [0.2, 0.25) is 0 Å². The zero-order chi connectivity index (χ0) is 9.26. The maximum atomic E-state index is 9.30. The molecular formula is C10H12N2O. The number of fused-ring (bicyclic) bond motifs is 1. The zero-order valence-corrected chi connectivity index (χ0v) is 7.25. The van der Waals surface area contributed by atoms with Crippen molar-refractivity contribution in [2.75, 3.05) is 6.54 Å². The van der Waals surface area contributed by atoms with Gasteiger partial charge in [0, 0.05) is 17.1 Å². The SMILES string of the molecule is [15NH2][13CH2][13CH2]c1c[nH]c2ccc(O)cc12. The van der Waals surface area contributed by atoms with Gasteiger partial charge in [-0.2, -0.15) is 0 Å². The van der Waals surface area contributed by atoms with E-state index in [2.05, 4.69) is 4.98 Å². The van der Waals surface area contributed by atoms with E-state index in [1.807, 2.05) is 12.3 Å². The van der Waals surface area contributed by atoms with Crippen molar-refractivity contribution in [1.82, 2.24) is 4.98 Å². The maximum absolute atomic E-state index is 9.30. The molecule has 0 saturated carbocycles. The smallest absolute Gasteiger partial charge is 0.116 e. The molecule has 2 rings (SSSR count). The van der Waals surface area contributed by atoms with Crippen LogP contribution in [0, 0.1) is 0 Å². The van der Waals surface area contributed by atoms with Crippen molar-refractivity contribution in [2.45, 2.75) is 6.42 Å². The van der Waals surface area contributed by atoms with Crippen LogP contribution in [-0.4, -0.2) is 16.6 Å². The highest BCUT2D eigenvalue weighted by Crippen LogP contribution is 2.22. The predicted molar refractivity (Wildman–Crippen MR) is 52.7 cm³/mol. The fourth-order valence-corrected chi connectivity index (χ4v) is 1.53. The number of aromatic amines is 1. The van der Waals surface area contributed by atoms with Gasteiger partial charge < -0.3 is 15.8 Å². The monoisotopic (exact) mass is 179 g/mol. The second-order valence-electron chi connectivity index (χ2n) is 3.08. The lowest BCUT2D eigenvalue weighted by molar-refractivity contribution is 0.476. The summed E-state index contributed by atoms with van der Waals surface area (Å²) >= 11 is 0. The highest BCUT2D eigenvalue weighted by molar-refractivity contribution is 5.84. The Morgan fingerprint density at radius 2 is 2.23 bits per heavy atom. The molecule has 0 aliphatic heterocycles. The topological polar surface area (TPSA) is 62.0 Å². The Morgan fingerprint density at radius 3 is 3.00 bits per heavy atom. The van der Waals surface area contributed by atoms with E-state index in [1.54, 1.807) is 12.1 Å². The van der Waals surface area contributed by atoms with E-state index >= 15 is 0 Å². The standard InChI is InChI=1S/C10H12N2O/c11-4-3-7-6-12-10-2-1-8(13)5-9(7)10/h1-2,5-6,12-13H,3-4,11H2/i3+1,4+1,11+1. The van der Waals surface area contributed by atoms with Gasteiger partial charge in [-0.25, -0.2) is 0 Å². The van der Waals surface area contributed by atoms with Crippen molar-refractivity contribution in [2.24, 2.45) is 5.73 Å². The molecule has 0 atom stereocenters. The quantitative estimate of drug-likeness (QED) is 0.481. The van der Waals surface area contributed by atoms with Gasteiger partial charge in [-0.3, -0.25) is 0 Å². The fraction of sp³-hybridized carbons (Fsp3) is 0.200. The van der Waals surface area contributed by atoms with Crippen LogP contribution >= 0.6 is 0 Å². The number of hydrogen-bond donors (Lipinski definition) is 3. The van der Waals surface area contributed by atoms with Crippen molar-refractivity contribution < 1.29 is 5.11 Å². The first-order valence-corrected chi connectivity index (χ1v) is 4.30. The van der Waals surface area contributed by atoms with Gasteiger partial charge in [-0.15, -0.1) is 0 Å². The lowest BCUT2D eigenvalue weighted by atomic mass is 10.2. The number of rotatable bonds is 2. The van der Waals surface area contributed by atoms with E-state index in [-0.39, 0.29) is 0 Å². The molecule has 3 heteroatoms. The minimum Gasteiger partial charge on any atom is -0.508 e. The first-order valence-electron chi connectivity index (χ1n) is 4.30. The van der Waals surface area contributed by atoms with E-state index in [0.717, 1.165) is 22.9 Å². The van der Waals surface area contributed by atoms with Crippen LogP contribution in [0.3, 0.4) is 0 Å². The van der Waals surface area contributed by atoms with E-state index in [1.165, 1.54) is 0 Å². The van der Waals surface area contributed by atoms with Gasteiger partial charge in [0.25, 0.3) is 0 Å². The molecule has 0 amide bonds.